The maximum Gasteiger partial charge on any atom is 0.404 e. The van der Waals surface area contributed by atoms with Crippen molar-refractivity contribution < 1.29 is 19.8 Å². The minimum Gasteiger partial charge on any atom is -0.465 e. The highest BCUT2D eigenvalue weighted by molar-refractivity contribution is 5.65. The maximum atomic E-state index is 10.9. The molecule has 2 amide bonds. The van der Waals surface area contributed by atoms with E-state index in [-0.39, 0.29) is 23.3 Å². The zero-order valence-corrected chi connectivity index (χ0v) is 13.3. The lowest BCUT2D eigenvalue weighted by molar-refractivity contribution is 0.156. The lowest BCUT2D eigenvalue weighted by atomic mass is 9.75. The van der Waals surface area contributed by atoms with Gasteiger partial charge in [0.25, 0.3) is 0 Å². The summed E-state index contributed by atoms with van der Waals surface area (Å²) in [7, 11) is 0. The van der Waals surface area contributed by atoms with Crippen LogP contribution >= 0.6 is 0 Å². The van der Waals surface area contributed by atoms with E-state index in [9.17, 15) is 9.59 Å². The highest BCUT2D eigenvalue weighted by Gasteiger charge is 2.30. The van der Waals surface area contributed by atoms with Crippen LogP contribution in [0.15, 0.2) is 0 Å². The van der Waals surface area contributed by atoms with E-state index in [0.29, 0.717) is 19.5 Å². The predicted molar refractivity (Wildman–Crippen MR) is 81.4 cm³/mol. The largest absolute Gasteiger partial charge is 0.465 e. The van der Waals surface area contributed by atoms with Crippen molar-refractivity contribution in [1.29, 1.82) is 0 Å². The van der Waals surface area contributed by atoms with Gasteiger partial charge in [0, 0.05) is 12.6 Å². The first-order chi connectivity index (χ1) is 9.59. The zero-order chi connectivity index (χ0) is 16.6. The summed E-state index contributed by atoms with van der Waals surface area (Å²) in [4.78, 5) is 21.4. The first-order valence-electron chi connectivity index (χ1n) is 7.25. The SMILES string of the molecule is CC(C)C(NC(=O)O)C(CN)CC(C)(C)CCNC(=O)O. The highest BCUT2D eigenvalue weighted by atomic mass is 16.4. The third kappa shape index (κ3) is 8.39. The molecule has 0 bridgehead atoms. The van der Waals surface area contributed by atoms with Gasteiger partial charge in [-0.3, -0.25) is 0 Å². The van der Waals surface area contributed by atoms with E-state index in [1.807, 2.05) is 27.7 Å². The van der Waals surface area contributed by atoms with E-state index in [2.05, 4.69) is 10.6 Å². The van der Waals surface area contributed by atoms with Gasteiger partial charge in [-0.1, -0.05) is 27.7 Å². The molecule has 0 saturated carbocycles. The normalized spacial score (nSPS) is 14.6. The standard InChI is InChI=1S/C14H29N3O4/c1-9(2)11(17-13(20)21)10(8-15)7-14(3,4)5-6-16-12(18)19/h9-11,16-17H,5-8,15H2,1-4H3,(H,18,19)(H,20,21). The van der Waals surface area contributed by atoms with Gasteiger partial charge in [-0.05, 0) is 36.6 Å². The number of carbonyl (C=O) groups is 2. The van der Waals surface area contributed by atoms with Crippen molar-refractivity contribution in [3.63, 3.8) is 0 Å². The molecule has 124 valence electrons. The van der Waals surface area contributed by atoms with E-state index >= 15 is 0 Å². The minimum atomic E-state index is -1.04. The van der Waals surface area contributed by atoms with Gasteiger partial charge in [0.15, 0.2) is 0 Å². The van der Waals surface area contributed by atoms with Gasteiger partial charge in [0.05, 0.1) is 0 Å². The molecular formula is C14H29N3O4. The third-order valence-electron chi connectivity index (χ3n) is 3.71. The fraction of sp³-hybridized carbons (Fsp3) is 0.857. The average molecular weight is 303 g/mol. The number of nitrogens with one attached hydrogen (secondary N) is 2. The Labute approximate surface area is 126 Å². The van der Waals surface area contributed by atoms with E-state index in [0.717, 1.165) is 6.42 Å². The van der Waals surface area contributed by atoms with Crippen molar-refractivity contribution in [2.24, 2.45) is 23.0 Å². The summed E-state index contributed by atoms with van der Waals surface area (Å²) in [6.07, 6.45) is -0.673. The maximum absolute atomic E-state index is 10.9. The van der Waals surface area contributed by atoms with Gasteiger partial charge in [0.1, 0.15) is 0 Å². The number of hydrogen-bond donors (Lipinski definition) is 5. The summed E-state index contributed by atoms with van der Waals surface area (Å²) in [6.45, 7) is 8.76. The Morgan fingerprint density at radius 3 is 2.14 bits per heavy atom. The van der Waals surface area contributed by atoms with Gasteiger partial charge in [-0.2, -0.15) is 0 Å². The van der Waals surface area contributed by atoms with Crippen molar-refractivity contribution in [3.8, 4) is 0 Å². The monoisotopic (exact) mass is 303 g/mol. The van der Waals surface area contributed by atoms with Crippen LogP contribution < -0.4 is 16.4 Å². The quantitative estimate of drug-likeness (QED) is 0.445. The first-order valence-corrected chi connectivity index (χ1v) is 7.25. The Bertz CT molecular complexity index is 345. The van der Waals surface area contributed by atoms with E-state index in [4.69, 9.17) is 15.9 Å². The van der Waals surface area contributed by atoms with E-state index < -0.39 is 12.2 Å². The van der Waals surface area contributed by atoms with Gasteiger partial charge in [-0.25, -0.2) is 9.59 Å². The molecule has 6 N–H and O–H groups in total. The summed E-state index contributed by atoms with van der Waals surface area (Å²) in [6, 6.07) is -0.209. The Morgan fingerprint density at radius 2 is 1.76 bits per heavy atom. The summed E-state index contributed by atoms with van der Waals surface area (Å²) >= 11 is 0. The average Bonchev–Trinajstić information content (AvgIpc) is 2.32. The van der Waals surface area contributed by atoms with Crippen LogP contribution in [0.2, 0.25) is 0 Å². The van der Waals surface area contributed by atoms with Crippen LogP contribution in [-0.4, -0.2) is 41.5 Å². The molecule has 0 rings (SSSR count). The molecule has 0 saturated heterocycles. The molecule has 0 heterocycles. The third-order valence-corrected chi connectivity index (χ3v) is 3.71. The second-order valence-corrected chi connectivity index (χ2v) is 6.57. The highest BCUT2D eigenvalue weighted by Crippen LogP contribution is 2.31. The lowest BCUT2D eigenvalue weighted by Crippen LogP contribution is -2.47. The molecule has 0 aromatic rings. The Hall–Kier alpha value is -1.50. The van der Waals surface area contributed by atoms with Crippen molar-refractivity contribution in [2.75, 3.05) is 13.1 Å². The zero-order valence-electron chi connectivity index (χ0n) is 13.3. The van der Waals surface area contributed by atoms with Crippen LogP contribution in [-0.2, 0) is 0 Å². The van der Waals surface area contributed by atoms with Crippen LogP contribution in [0.5, 0.6) is 0 Å². The molecule has 2 atom stereocenters. The molecule has 0 aliphatic rings. The van der Waals surface area contributed by atoms with Crippen molar-refractivity contribution in [2.45, 2.75) is 46.6 Å². The van der Waals surface area contributed by atoms with Gasteiger partial charge in [-0.15, -0.1) is 0 Å². The van der Waals surface area contributed by atoms with Gasteiger partial charge >= 0.3 is 12.2 Å². The van der Waals surface area contributed by atoms with Crippen LogP contribution in [0.4, 0.5) is 9.59 Å². The van der Waals surface area contributed by atoms with Crippen molar-refractivity contribution in [1.82, 2.24) is 10.6 Å². The number of carboxylic acid groups (broad SMARTS) is 2. The molecule has 2 unspecified atom stereocenters. The predicted octanol–water partition coefficient (Wildman–Crippen LogP) is 1.93. The molecule has 0 aromatic carbocycles. The molecule has 0 spiro atoms. The molecule has 7 heteroatoms. The van der Waals surface area contributed by atoms with E-state index in [1.165, 1.54) is 0 Å². The minimum absolute atomic E-state index is 0.0147. The summed E-state index contributed by atoms with van der Waals surface area (Å²) in [5, 5.41) is 22.4. The Kier molecular flexibility index (Phi) is 8.09. The van der Waals surface area contributed by atoms with Gasteiger partial charge < -0.3 is 26.6 Å². The Balaban J connectivity index is 4.68. The fourth-order valence-electron chi connectivity index (χ4n) is 2.65. The molecule has 0 radical (unpaired) electrons. The van der Waals surface area contributed by atoms with E-state index in [1.54, 1.807) is 0 Å². The number of rotatable bonds is 9. The molecule has 0 aliphatic heterocycles. The number of hydrogen-bond acceptors (Lipinski definition) is 3. The summed E-state index contributed by atoms with van der Waals surface area (Å²) in [5.74, 6) is 0.156. The molecular weight excluding hydrogens is 274 g/mol. The second-order valence-electron chi connectivity index (χ2n) is 6.57. The van der Waals surface area contributed by atoms with Crippen molar-refractivity contribution >= 4 is 12.2 Å². The second kappa shape index (κ2) is 8.71. The number of nitrogens with two attached hydrogens (primary N) is 1. The molecule has 0 aliphatic carbocycles. The fourth-order valence-corrected chi connectivity index (χ4v) is 2.65. The van der Waals surface area contributed by atoms with Crippen LogP contribution in [0.25, 0.3) is 0 Å². The van der Waals surface area contributed by atoms with Gasteiger partial charge in [0.2, 0.25) is 0 Å². The molecule has 7 nitrogen and oxygen atoms in total. The van der Waals surface area contributed by atoms with Crippen molar-refractivity contribution in [3.05, 3.63) is 0 Å². The smallest absolute Gasteiger partial charge is 0.404 e. The van der Waals surface area contributed by atoms with Crippen LogP contribution in [0.3, 0.4) is 0 Å². The first kappa shape index (κ1) is 19.5. The molecule has 0 fully saturated rings. The van der Waals surface area contributed by atoms with Crippen LogP contribution in [0, 0.1) is 17.3 Å². The molecule has 0 aromatic heterocycles. The van der Waals surface area contributed by atoms with Crippen LogP contribution in [0.1, 0.15) is 40.5 Å². The summed E-state index contributed by atoms with van der Waals surface area (Å²) in [5.41, 5.74) is 5.70. The summed E-state index contributed by atoms with van der Waals surface area (Å²) < 4.78 is 0. The molecule has 21 heavy (non-hydrogen) atoms. The lowest BCUT2D eigenvalue weighted by Gasteiger charge is -2.35. The number of amides is 2. The Morgan fingerprint density at radius 1 is 1.19 bits per heavy atom. The topological polar surface area (TPSA) is 125 Å².